The minimum absolute atomic E-state index is 0.0316. The van der Waals surface area contributed by atoms with Crippen molar-refractivity contribution in [2.45, 2.75) is 0 Å². The Kier molecular flexibility index (Phi) is 3.63. The van der Waals surface area contributed by atoms with Gasteiger partial charge in [0.2, 0.25) is 0 Å². The average Bonchev–Trinajstić information content (AvgIpc) is 2.96. The van der Waals surface area contributed by atoms with Gasteiger partial charge >= 0.3 is 12.0 Å². The van der Waals surface area contributed by atoms with E-state index >= 15 is 0 Å². The number of ether oxygens (including phenoxy) is 2. The zero-order chi connectivity index (χ0) is 16.4. The van der Waals surface area contributed by atoms with Crippen molar-refractivity contribution >= 4 is 22.8 Å². The first kappa shape index (κ1) is 14.5. The zero-order valence-electron chi connectivity index (χ0n) is 11.9. The van der Waals surface area contributed by atoms with Crippen molar-refractivity contribution in [3.63, 3.8) is 0 Å². The number of methoxy groups -OCH3 is 1. The molecule has 0 aliphatic heterocycles. The molecule has 8 heteroatoms. The summed E-state index contributed by atoms with van der Waals surface area (Å²) in [5.41, 5.74) is 0.558. The number of nitro groups is 1. The molecular formula is C15H10N2O6. The van der Waals surface area contributed by atoms with E-state index in [9.17, 15) is 14.9 Å². The van der Waals surface area contributed by atoms with Crippen LogP contribution in [0.2, 0.25) is 0 Å². The Morgan fingerprint density at radius 3 is 2.74 bits per heavy atom. The Bertz CT molecular complexity index is 869. The number of benzene rings is 2. The lowest BCUT2D eigenvalue weighted by atomic mass is 10.1. The summed E-state index contributed by atoms with van der Waals surface area (Å²) >= 11 is 0. The molecule has 0 aliphatic carbocycles. The molecule has 2 aromatic carbocycles. The van der Waals surface area contributed by atoms with Crippen LogP contribution in [0.15, 0.2) is 46.9 Å². The second-order valence-corrected chi connectivity index (χ2v) is 4.48. The highest BCUT2D eigenvalue weighted by Gasteiger charge is 2.22. The molecule has 0 saturated carbocycles. The molecule has 0 unspecified atom stereocenters. The molecule has 0 aliphatic rings. The fourth-order valence-electron chi connectivity index (χ4n) is 2.01. The van der Waals surface area contributed by atoms with Crippen LogP contribution in [0.3, 0.4) is 0 Å². The first-order valence-electron chi connectivity index (χ1n) is 6.48. The molecular weight excluding hydrogens is 304 g/mol. The minimum Gasteiger partial charge on any atom is -0.465 e. The van der Waals surface area contributed by atoms with Crippen LogP contribution >= 0.6 is 0 Å². The van der Waals surface area contributed by atoms with Crippen molar-refractivity contribution in [2.75, 3.05) is 7.11 Å². The normalized spacial score (nSPS) is 10.5. The Labute approximate surface area is 129 Å². The molecule has 116 valence electrons. The van der Waals surface area contributed by atoms with Gasteiger partial charge in [-0.15, -0.1) is 0 Å². The van der Waals surface area contributed by atoms with Gasteiger partial charge in [0.05, 0.1) is 12.0 Å². The monoisotopic (exact) mass is 314 g/mol. The van der Waals surface area contributed by atoms with Crippen LogP contribution < -0.4 is 4.74 Å². The second-order valence-electron chi connectivity index (χ2n) is 4.48. The SMILES string of the molecule is COC(=O)c1cc(Oc2nc3ccccc3o2)ccc1[N+](=O)[O-]. The predicted molar refractivity (Wildman–Crippen MR) is 78.5 cm³/mol. The number of esters is 1. The van der Waals surface area contributed by atoms with E-state index in [1.165, 1.54) is 12.1 Å². The molecule has 0 N–H and O–H groups in total. The Hall–Kier alpha value is -3.42. The number of nitro benzene ring substituents is 1. The highest BCUT2D eigenvalue weighted by atomic mass is 16.6. The van der Waals surface area contributed by atoms with Gasteiger partial charge in [0.15, 0.2) is 5.58 Å². The lowest BCUT2D eigenvalue weighted by Gasteiger charge is -2.04. The third-order valence-electron chi connectivity index (χ3n) is 3.05. The molecule has 23 heavy (non-hydrogen) atoms. The van der Waals surface area contributed by atoms with Gasteiger partial charge in [-0.05, 0) is 18.2 Å². The predicted octanol–water partition coefficient (Wildman–Crippen LogP) is 3.31. The molecule has 8 nitrogen and oxygen atoms in total. The smallest absolute Gasteiger partial charge is 0.400 e. The molecule has 0 saturated heterocycles. The van der Waals surface area contributed by atoms with Crippen molar-refractivity contribution in [3.05, 3.63) is 58.1 Å². The molecule has 0 radical (unpaired) electrons. The zero-order valence-corrected chi connectivity index (χ0v) is 11.9. The van der Waals surface area contributed by atoms with E-state index in [4.69, 9.17) is 9.15 Å². The molecule has 0 amide bonds. The number of carbonyl (C=O) groups excluding carboxylic acids is 1. The third-order valence-corrected chi connectivity index (χ3v) is 3.05. The summed E-state index contributed by atoms with van der Waals surface area (Å²) in [6.45, 7) is 0. The van der Waals surface area contributed by atoms with Crippen LogP contribution in [0.4, 0.5) is 5.69 Å². The molecule has 3 aromatic rings. The van der Waals surface area contributed by atoms with Crippen LogP contribution in [-0.2, 0) is 4.74 Å². The van der Waals surface area contributed by atoms with E-state index in [0.717, 1.165) is 13.2 Å². The fraction of sp³-hybridized carbons (Fsp3) is 0.0667. The maximum Gasteiger partial charge on any atom is 0.400 e. The summed E-state index contributed by atoms with van der Waals surface area (Å²) in [7, 11) is 1.14. The Balaban J connectivity index is 1.96. The first-order valence-corrected chi connectivity index (χ1v) is 6.48. The topological polar surface area (TPSA) is 105 Å². The van der Waals surface area contributed by atoms with E-state index in [1.807, 2.05) is 0 Å². The molecule has 3 rings (SSSR count). The van der Waals surface area contributed by atoms with Gasteiger partial charge in [0.1, 0.15) is 16.8 Å². The fourth-order valence-corrected chi connectivity index (χ4v) is 2.01. The largest absolute Gasteiger partial charge is 0.465 e. The molecule has 0 bridgehead atoms. The van der Waals surface area contributed by atoms with Crippen molar-refractivity contribution in [3.8, 4) is 11.8 Å². The summed E-state index contributed by atoms with van der Waals surface area (Å²) in [5.74, 6) is -0.665. The van der Waals surface area contributed by atoms with Crippen LogP contribution in [0, 0.1) is 10.1 Å². The van der Waals surface area contributed by atoms with Crippen molar-refractivity contribution in [1.29, 1.82) is 0 Å². The lowest BCUT2D eigenvalue weighted by Crippen LogP contribution is -2.05. The van der Waals surface area contributed by atoms with E-state index in [2.05, 4.69) is 9.72 Å². The van der Waals surface area contributed by atoms with E-state index < -0.39 is 10.9 Å². The number of nitrogens with zero attached hydrogens (tertiary/aromatic N) is 2. The Morgan fingerprint density at radius 2 is 2.04 bits per heavy atom. The highest BCUT2D eigenvalue weighted by molar-refractivity contribution is 5.94. The maximum absolute atomic E-state index is 11.7. The lowest BCUT2D eigenvalue weighted by molar-refractivity contribution is -0.385. The number of para-hydroxylation sites is 2. The number of oxazole rings is 1. The van der Waals surface area contributed by atoms with Crippen LogP contribution in [-0.4, -0.2) is 23.0 Å². The number of hydrogen-bond acceptors (Lipinski definition) is 7. The van der Waals surface area contributed by atoms with Crippen LogP contribution in [0.25, 0.3) is 11.1 Å². The molecule has 0 spiro atoms. The number of fused-ring (bicyclic) bond motifs is 1. The minimum atomic E-state index is -0.834. The van der Waals surface area contributed by atoms with E-state index in [-0.39, 0.29) is 23.1 Å². The summed E-state index contributed by atoms with van der Waals surface area (Å²) in [6, 6.07) is 10.8. The molecule has 0 fully saturated rings. The van der Waals surface area contributed by atoms with Gasteiger partial charge in [-0.3, -0.25) is 10.1 Å². The summed E-state index contributed by atoms with van der Waals surface area (Å²) < 4.78 is 15.4. The van der Waals surface area contributed by atoms with Crippen molar-refractivity contribution in [2.24, 2.45) is 0 Å². The quantitative estimate of drug-likeness (QED) is 0.413. The van der Waals surface area contributed by atoms with Crippen molar-refractivity contribution in [1.82, 2.24) is 4.98 Å². The van der Waals surface area contributed by atoms with Gasteiger partial charge in [0.25, 0.3) is 5.69 Å². The standard InChI is InChI=1S/C15H10N2O6/c1-21-14(18)10-8-9(6-7-12(10)17(19)20)22-15-16-11-4-2-3-5-13(11)23-15/h2-8H,1H3. The number of aromatic nitrogens is 1. The van der Waals surface area contributed by atoms with Crippen LogP contribution in [0.5, 0.6) is 11.8 Å². The Morgan fingerprint density at radius 1 is 1.26 bits per heavy atom. The van der Waals surface area contributed by atoms with Gasteiger partial charge in [-0.25, -0.2) is 4.79 Å². The van der Waals surface area contributed by atoms with Crippen molar-refractivity contribution < 1.29 is 23.6 Å². The maximum atomic E-state index is 11.7. The molecule has 1 aromatic heterocycles. The number of carbonyl (C=O) groups is 1. The van der Waals surface area contributed by atoms with Crippen LogP contribution in [0.1, 0.15) is 10.4 Å². The summed E-state index contributed by atoms with van der Waals surface area (Å²) in [6.07, 6.45) is -0.0316. The van der Waals surface area contributed by atoms with Gasteiger partial charge in [-0.2, -0.15) is 4.98 Å². The average molecular weight is 314 g/mol. The second kappa shape index (κ2) is 5.76. The third kappa shape index (κ3) is 2.82. The molecule has 0 atom stereocenters. The number of rotatable bonds is 4. The van der Waals surface area contributed by atoms with Gasteiger partial charge in [-0.1, -0.05) is 12.1 Å². The van der Waals surface area contributed by atoms with Gasteiger partial charge in [0, 0.05) is 12.1 Å². The number of hydrogen-bond donors (Lipinski definition) is 0. The van der Waals surface area contributed by atoms with Gasteiger partial charge < -0.3 is 13.9 Å². The first-order chi connectivity index (χ1) is 11.1. The van der Waals surface area contributed by atoms with E-state index in [1.54, 1.807) is 24.3 Å². The highest BCUT2D eigenvalue weighted by Crippen LogP contribution is 2.29. The molecule has 1 heterocycles. The summed E-state index contributed by atoms with van der Waals surface area (Å²) in [4.78, 5) is 26.1. The summed E-state index contributed by atoms with van der Waals surface area (Å²) in [5, 5.41) is 11.0. The van der Waals surface area contributed by atoms with E-state index in [0.29, 0.717) is 11.1 Å².